The third kappa shape index (κ3) is 3.44. The molecule has 6 nitrogen and oxygen atoms in total. The smallest absolute Gasteiger partial charge is 0.266 e. The Bertz CT molecular complexity index is 884. The standard InChI is InChI=1S/C18H21N5OS2/c1-19-14-15-17(21-6-5-20-15)26-16(14)18(24)23-10-8-22(9-11-23)7-4-13-3-2-12-25-13/h2-3,5-6,12,19H,4,7-11H2,1H3. The van der Waals surface area contributed by atoms with Crippen LogP contribution in [0.4, 0.5) is 5.69 Å². The van der Waals surface area contributed by atoms with E-state index in [1.165, 1.54) is 16.2 Å². The van der Waals surface area contributed by atoms with E-state index in [4.69, 9.17) is 0 Å². The van der Waals surface area contributed by atoms with Crippen LogP contribution in [-0.2, 0) is 6.42 Å². The minimum atomic E-state index is 0.0806. The van der Waals surface area contributed by atoms with Gasteiger partial charge in [0.2, 0.25) is 0 Å². The lowest BCUT2D eigenvalue weighted by Crippen LogP contribution is -2.49. The summed E-state index contributed by atoms with van der Waals surface area (Å²) in [6.45, 7) is 4.44. The number of nitrogens with zero attached hydrogens (tertiary/aromatic N) is 4. The molecule has 1 aliphatic heterocycles. The summed E-state index contributed by atoms with van der Waals surface area (Å²) in [7, 11) is 1.83. The zero-order valence-corrected chi connectivity index (χ0v) is 16.3. The minimum Gasteiger partial charge on any atom is -0.385 e. The van der Waals surface area contributed by atoms with E-state index in [1.54, 1.807) is 12.4 Å². The van der Waals surface area contributed by atoms with Crippen LogP contribution < -0.4 is 5.32 Å². The van der Waals surface area contributed by atoms with Gasteiger partial charge in [-0.25, -0.2) is 9.97 Å². The summed E-state index contributed by atoms with van der Waals surface area (Å²) < 4.78 is 0. The number of aromatic nitrogens is 2. The molecule has 3 aromatic rings. The van der Waals surface area contributed by atoms with E-state index in [1.807, 2.05) is 23.3 Å². The lowest BCUT2D eigenvalue weighted by molar-refractivity contribution is 0.0644. The van der Waals surface area contributed by atoms with E-state index in [-0.39, 0.29) is 5.91 Å². The van der Waals surface area contributed by atoms with Gasteiger partial charge in [-0.15, -0.1) is 22.7 Å². The van der Waals surface area contributed by atoms with Crippen molar-refractivity contribution in [3.8, 4) is 0 Å². The molecule has 0 saturated carbocycles. The van der Waals surface area contributed by atoms with Crippen molar-refractivity contribution in [2.45, 2.75) is 6.42 Å². The maximum absolute atomic E-state index is 13.0. The van der Waals surface area contributed by atoms with Gasteiger partial charge < -0.3 is 10.2 Å². The highest BCUT2D eigenvalue weighted by Crippen LogP contribution is 2.33. The number of thiophene rings is 2. The van der Waals surface area contributed by atoms with Crippen molar-refractivity contribution in [3.63, 3.8) is 0 Å². The Morgan fingerprint density at radius 2 is 2.04 bits per heavy atom. The molecule has 136 valence electrons. The molecule has 26 heavy (non-hydrogen) atoms. The largest absolute Gasteiger partial charge is 0.385 e. The lowest BCUT2D eigenvalue weighted by Gasteiger charge is -2.34. The molecule has 0 spiro atoms. The monoisotopic (exact) mass is 387 g/mol. The van der Waals surface area contributed by atoms with Gasteiger partial charge in [0.25, 0.3) is 5.91 Å². The molecule has 0 aliphatic carbocycles. The van der Waals surface area contributed by atoms with Crippen LogP contribution in [0.2, 0.25) is 0 Å². The number of anilines is 1. The number of fused-ring (bicyclic) bond motifs is 1. The molecular formula is C18H21N5OS2. The lowest BCUT2D eigenvalue weighted by atomic mass is 10.2. The van der Waals surface area contributed by atoms with Crippen LogP contribution in [0.3, 0.4) is 0 Å². The summed E-state index contributed by atoms with van der Waals surface area (Å²) in [6.07, 6.45) is 4.42. The molecular weight excluding hydrogens is 366 g/mol. The van der Waals surface area contributed by atoms with E-state index in [0.29, 0.717) is 4.88 Å². The van der Waals surface area contributed by atoms with Crippen molar-refractivity contribution in [3.05, 3.63) is 39.7 Å². The third-order valence-electron chi connectivity index (χ3n) is 4.69. The number of carbonyl (C=O) groups is 1. The van der Waals surface area contributed by atoms with Gasteiger partial charge in [0, 0.05) is 57.0 Å². The Labute approximate surface area is 160 Å². The van der Waals surface area contributed by atoms with Crippen LogP contribution in [-0.4, -0.2) is 65.4 Å². The zero-order valence-electron chi connectivity index (χ0n) is 14.6. The van der Waals surface area contributed by atoms with Crippen molar-refractivity contribution < 1.29 is 4.79 Å². The van der Waals surface area contributed by atoms with Crippen molar-refractivity contribution in [1.29, 1.82) is 0 Å². The van der Waals surface area contributed by atoms with Gasteiger partial charge >= 0.3 is 0 Å². The molecule has 1 amide bonds. The Kier molecular flexibility index (Phi) is 5.14. The van der Waals surface area contributed by atoms with Crippen molar-refractivity contribution >= 4 is 44.6 Å². The van der Waals surface area contributed by atoms with E-state index in [9.17, 15) is 4.79 Å². The molecule has 8 heteroatoms. The van der Waals surface area contributed by atoms with Crippen LogP contribution >= 0.6 is 22.7 Å². The quantitative estimate of drug-likeness (QED) is 0.729. The van der Waals surface area contributed by atoms with Crippen molar-refractivity contribution in [1.82, 2.24) is 19.8 Å². The molecule has 1 fully saturated rings. The van der Waals surface area contributed by atoms with Crippen LogP contribution in [0, 0.1) is 0 Å². The van der Waals surface area contributed by atoms with Gasteiger partial charge in [0.05, 0.1) is 5.69 Å². The maximum Gasteiger partial charge on any atom is 0.266 e. The SMILES string of the molecule is CNc1c(C(=O)N2CCN(CCc3cccs3)CC2)sc2nccnc12. The summed E-state index contributed by atoms with van der Waals surface area (Å²) in [6, 6.07) is 4.29. The van der Waals surface area contributed by atoms with Gasteiger partial charge in [-0.1, -0.05) is 6.07 Å². The minimum absolute atomic E-state index is 0.0806. The number of piperazine rings is 1. The second-order valence-electron chi connectivity index (χ2n) is 6.23. The van der Waals surface area contributed by atoms with E-state index < -0.39 is 0 Å². The molecule has 1 saturated heterocycles. The molecule has 1 N–H and O–H groups in total. The summed E-state index contributed by atoms with van der Waals surface area (Å²) in [5.74, 6) is 0.0806. The highest BCUT2D eigenvalue weighted by atomic mass is 32.1. The second kappa shape index (κ2) is 7.69. The second-order valence-corrected chi connectivity index (χ2v) is 8.26. The summed E-state index contributed by atoms with van der Waals surface area (Å²) in [4.78, 5) is 29.1. The number of amides is 1. The highest BCUT2D eigenvalue weighted by molar-refractivity contribution is 7.21. The average molecular weight is 388 g/mol. The first-order valence-corrected chi connectivity index (χ1v) is 10.4. The van der Waals surface area contributed by atoms with Crippen LogP contribution in [0.1, 0.15) is 14.5 Å². The number of hydrogen-bond acceptors (Lipinski definition) is 7. The summed E-state index contributed by atoms with van der Waals surface area (Å²) in [5, 5.41) is 5.26. The fraction of sp³-hybridized carbons (Fsp3) is 0.389. The van der Waals surface area contributed by atoms with E-state index in [2.05, 4.69) is 37.7 Å². The summed E-state index contributed by atoms with van der Waals surface area (Å²) >= 11 is 3.23. The molecule has 0 atom stereocenters. The first-order chi connectivity index (χ1) is 12.8. The predicted octanol–water partition coefficient (Wildman–Crippen LogP) is 2.80. The van der Waals surface area contributed by atoms with Gasteiger partial charge in [-0.3, -0.25) is 9.69 Å². The van der Waals surface area contributed by atoms with Crippen molar-refractivity contribution in [2.75, 3.05) is 45.1 Å². The fourth-order valence-electron chi connectivity index (χ4n) is 3.25. The van der Waals surface area contributed by atoms with E-state index >= 15 is 0 Å². The number of carbonyl (C=O) groups excluding carboxylic acids is 1. The topological polar surface area (TPSA) is 61.4 Å². The maximum atomic E-state index is 13.0. The molecule has 0 bridgehead atoms. The Balaban J connectivity index is 1.40. The van der Waals surface area contributed by atoms with Gasteiger partial charge in [-0.05, 0) is 17.9 Å². The highest BCUT2D eigenvalue weighted by Gasteiger charge is 2.27. The van der Waals surface area contributed by atoms with Crippen LogP contribution in [0.15, 0.2) is 29.9 Å². The summed E-state index contributed by atoms with van der Waals surface area (Å²) in [5.41, 5.74) is 1.57. The molecule has 4 rings (SSSR count). The average Bonchev–Trinajstić information content (AvgIpc) is 3.33. The van der Waals surface area contributed by atoms with E-state index in [0.717, 1.165) is 55.2 Å². The van der Waals surface area contributed by atoms with Gasteiger partial charge in [-0.2, -0.15) is 0 Å². The Hall–Kier alpha value is -2.03. The molecule has 4 heterocycles. The van der Waals surface area contributed by atoms with Crippen molar-refractivity contribution in [2.24, 2.45) is 0 Å². The normalized spacial score (nSPS) is 15.5. The van der Waals surface area contributed by atoms with Gasteiger partial charge in [0.1, 0.15) is 15.2 Å². The first-order valence-electron chi connectivity index (χ1n) is 8.71. The Morgan fingerprint density at radius 3 is 2.77 bits per heavy atom. The predicted molar refractivity (Wildman–Crippen MR) is 107 cm³/mol. The molecule has 0 radical (unpaired) electrons. The Morgan fingerprint density at radius 1 is 1.23 bits per heavy atom. The molecule has 3 aromatic heterocycles. The number of rotatable bonds is 5. The molecule has 0 aromatic carbocycles. The molecule has 1 aliphatic rings. The number of nitrogens with one attached hydrogen (secondary N) is 1. The number of hydrogen-bond donors (Lipinski definition) is 1. The van der Waals surface area contributed by atoms with Gasteiger partial charge in [0.15, 0.2) is 0 Å². The van der Waals surface area contributed by atoms with Crippen LogP contribution in [0.5, 0.6) is 0 Å². The first kappa shape index (κ1) is 17.4. The molecule has 0 unspecified atom stereocenters. The third-order valence-corrected chi connectivity index (χ3v) is 6.70. The zero-order chi connectivity index (χ0) is 17.9. The van der Waals surface area contributed by atoms with Crippen LogP contribution in [0.25, 0.3) is 10.3 Å². The fourth-order valence-corrected chi connectivity index (χ4v) is 5.02.